The van der Waals surface area contributed by atoms with E-state index < -0.39 is 0 Å². The molecule has 1 aliphatic heterocycles. The number of hydrogen-bond donors (Lipinski definition) is 2. The Morgan fingerprint density at radius 1 is 1.50 bits per heavy atom. The molecule has 20 heavy (non-hydrogen) atoms. The first-order chi connectivity index (χ1) is 9.56. The lowest BCUT2D eigenvalue weighted by Gasteiger charge is -2.33. The normalized spacial score (nSPS) is 19.8. The fraction of sp³-hybridized carbons (Fsp3) is 0.533. The number of hydrogen-bond acceptors (Lipinski definition) is 3. The molecule has 1 aromatic carbocycles. The Morgan fingerprint density at radius 3 is 3.00 bits per heavy atom. The van der Waals surface area contributed by atoms with Crippen molar-refractivity contribution in [3.05, 3.63) is 23.2 Å². The summed E-state index contributed by atoms with van der Waals surface area (Å²) in [5.41, 5.74) is 6.84. The van der Waals surface area contributed by atoms with Crippen molar-refractivity contribution in [2.45, 2.75) is 38.6 Å². The molecule has 1 amide bonds. The number of carbonyl (C=O) groups excluding carboxylic acids is 1. The van der Waals surface area contributed by atoms with E-state index in [9.17, 15) is 4.79 Å². The molecule has 1 aromatic rings. The predicted octanol–water partition coefficient (Wildman–Crippen LogP) is 3.13. The van der Waals surface area contributed by atoms with Crippen LogP contribution in [0.4, 0.5) is 11.4 Å². The summed E-state index contributed by atoms with van der Waals surface area (Å²) < 4.78 is 0. The number of carbonyl (C=O) groups is 1. The largest absolute Gasteiger partial charge is 0.399 e. The fourth-order valence-electron chi connectivity index (χ4n) is 2.58. The van der Waals surface area contributed by atoms with Gasteiger partial charge in [-0.15, -0.1) is 0 Å². The maximum Gasteiger partial charge on any atom is 0.225 e. The number of likely N-dealkylation sites (tertiary alicyclic amines) is 1. The molecular weight excluding hydrogens is 274 g/mol. The van der Waals surface area contributed by atoms with Gasteiger partial charge in [-0.3, -0.25) is 4.79 Å². The summed E-state index contributed by atoms with van der Waals surface area (Å²) >= 11 is 6.04. The number of amides is 1. The number of rotatable bonds is 4. The fourth-order valence-corrected chi connectivity index (χ4v) is 2.82. The Morgan fingerprint density at radius 2 is 2.30 bits per heavy atom. The highest BCUT2D eigenvalue weighted by molar-refractivity contribution is 6.34. The summed E-state index contributed by atoms with van der Waals surface area (Å²) in [6, 6.07) is 5.69. The zero-order valence-corrected chi connectivity index (χ0v) is 12.6. The Bertz CT molecular complexity index is 478. The average Bonchev–Trinajstić information content (AvgIpc) is 2.41. The zero-order chi connectivity index (χ0) is 14.5. The van der Waals surface area contributed by atoms with Crippen LogP contribution in [0.3, 0.4) is 0 Å². The lowest BCUT2D eigenvalue weighted by molar-refractivity contribution is -0.116. The number of nitrogen functional groups attached to an aromatic ring is 1. The van der Waals surface area contributed by atoms with Crippen LogP contribution in [0.25, 0.3) is 0 Å². The summed E-state index contributed by atoms with van der Waals surface area (Å²) in [6.07, 6.45) is 4.25. The van der Waals surface area contributed by atoms with Crippen LogP contribution in [0.1, 0.15) is 32.6 Å². The molecule has 3 N–H and O–H groups in total. The van der Waals surface area contributed by atoms with Gasteiger partial charge in [-0.05, 0) is 44.5 Å². The van der Waals surface area contributed by atoms with Crippen molar-refractivity contribution >= 4 is 28.9 Å². The van der Waals surface area contributed by atoms with Gasteiger partial charge in [0.05, 0.1) is 10.7 Å². The van der Waals surface area contributed by atoms with Crippen molar-refractivity contribution < 1.29 is 4.79 Å². The van der Waals surface area contributed by atoms with Crippen LogP contribution in [0.15, 0.2) is 18.2 Å². The van der Waals surface area contributed by atoms with E-state index in [0.717, 1.165) is 13.1 Å². The van der Waals surface area contributed by atoms with Gasteiger partial charge in [0.15, 0.2) is 0 Å². The molecule has 1 aliphatic rings. The van der Waals surface area contributed by atoms with Crippen LogP contribution < -0.4 is 11.1 Å². The molecule has 2 rings (SSSR count). The van der Waals surface area contributed by atoms with Gasteiger partial charge < -0.3 is 16.0 Å². The number of benzene rings is 1. The highest BCUT2D eigenvalue weighted by Crippen LogP contribution is 2.24. The lowest BCUT2D eigenvalue weighted by atomic mass is 10.0. The van der Waals surface area contributed by atoms with Gasteiger partial charge in [-0.2, -0.15) is 0 Å². The molecule has 1 heterocycles. The number of piperidine rings is 1. The van der Waals surface area contributed by atoms with E-state index in [2.05, 4.69) is 17.1 Å². The van der Waals surface area contributed by atoms with Crippen molar-refractivity contribution in [3.8, 4) is 0 Å². The van der Waals surface area contributed by atoms with E-state index in [1.54, 1.807) is 18.2 Å². The molecule has 1 atom stereocenters. The molecule has 1 saturated heterocycles. The Balaban J connectivity index is 1.83. The second-order valence-corrected chi connectivity index (χ2v) is 5.83. The summed E-state index contributed by atoms with van der Waals surface area (Å²) in [5, 5.41) is 3.32. The highest BCUT2D eigenvalue weighted by Gasteiger charge is 2.18. The van der Waals surface area contributed by atoms with Gasteiger partial charge in [-0.25, -0.2) is 0 Å². The van der Waals surface area contributed by atoms with Gasteiger partial charge in [0.2, 0.25) is 5.91 Å². The van der Waals surface area contributed by atoms with Crippen molar-refractivity contribution in [1.29, 1.82) is 0 Å². The number of nitrogens with two attached hydrogens (primary N) is 1. The molecule has 0 aromatic heterocycles. The highest BCUT2D eigenvalue weighted by atomic mass is 35.5. The predicted molar refractivity (Wildman–Crippen MR) is 84.0 cm³/mol. The molecular formula is C15H22ClN3O. The lowest BCUT2D eigenvalue weighted by Crippen LogP contribution is -2.39. The SMILES string of the molecule is CC1CCCCN1CCC(=O)Nc1ccc(N)cc1Cl. The molecule has 1 unspecified atom stereocenters. The monoisotopic (exact) mass is 295 g/mol. The van der Waals surface area contributed by atoms with Crippen LogP contribution in [0.2, 0.25) is 5.02 Å². The molecule has 0 aliphatic carbocycles. The zero-order valence-electron chi connectivity index (χ0n) is 11.9. The molecule has 1 fully saturated rings. The van der Waals surface area contributed by atoms with Gasteiger partial charge in [0.1, 0.15) is 0 Å². The third-order valence-electron chi connectivity index (χ3n) is 3.83. The quantitative estimate of drug-likeness (QED) is 0.839. The van der Waals surface area contributed by atoms with Crippen molar-refractivity contribution in [1.82, 2.24) is 4.90 Å². The molecule has 5 heteroatoms. The van der Waals surface area contributed by atoms with E-state index in [1.807, 2.05) is 0 Å². The minimum absolute atomic E-state index is 0.00514. The average molecular weight is 296 g/mol. The second-order valence-electron chi connectivity index (χ2n) is 5.42. The van der Waals surface area contributed by atoms with Crippen LogP contribution in [-0.4, -0.2) is 29.9 Å². The van der Waals surface area contributed by atoms with Crippen molar-refractivity contribution in [2.75, 3.05) is 24.1 Å². The van der Waals surface area contributed by atoms with E-state index in [4.69, 9.17) is 17.3 Å². The maximum atomic E-state index is 12.0. The third-order valence-corrected chi connectivity index (χ3v) is 4.15. The van der Waals surface area contributed by atoms with Crippen LogP contribution in [0.5, 0.6) is 0 Å². The van der Waals surface area contributed by atoms with E-state index >= 15 is 0 Å². The molecule has 4 nitrogen and oxygen atoms in total. The first-order valence-electron chi connectivity index (χ1n) is 7.15. The standard InChI is InChI=1S/C15H22ClN3O/c1-11-4-2-3-8-19(11)9-7-15(20)18-14-6-5-12(17)10-13(14)16/h5-6,10-11H,2-4,7-9,17H2,1H3,(H,18,20). The molecule has 0 spiro atoms. The Labute approximate surface area is 125 Å². The number of nitrogens with one attached hydrogen (secondary N) is 1. The second kappa shape index (κ2) is 6.95. The number of nitrogens with zero attached hydrogens (tertiary/aromatic N) is 1. The van der Waals surface area contributed by atoms with Crippen LogP contribution in [-0.2, 0) is 4.79 Å². The molecule has 0 saturated carbocycles. The third kappa shape index (κ3) is 4.12. The van der Waals surface area contributed by atoms with Gasteiger partial charge >= 0.3 is 0 Å². The first kappa shape index (κ1) is 15.1. The number of halogens is 1. The van der Waals surface area contributed by atoms with Crippen molar-refractivity contribution in [3.63, 3.8) is 0 Å². The van der Waals surface area contributed by atoms with E-state index in [0.29, 0.717) is 28.9 Å². The summed E-state index contributed by atoms with van der Waals surface area (Å²) in [5.74, 6) is -0.00514. The Hall–Kier alpha value is -1.26. The summed E-state index contributed by atoms with van der Waals surface area (Å²) in [4.78, 5) is 14.4. The maximum absolute atomic E-state index is 12.0. The number of anilines is 2. The van der Waals surface area contributed by atoms with Crippen LogP contribution in [0, 0.1) is 0 Å². The van der Waals surface area contributed by atoms with Gasteiger partial charge in [-0.1, -0.05) is 18.0 Å². The minimum Gasteiger partial charge on any atom is -0.399 e. The summed E-state index contributed by atoms with van der Waals surface area (Å²) in [7, 11) is 0. The minimum atomic E-state index is -0.00514. The van der Waals surface area contributed by atoms with Crippen LogP contribution >= 0.6 is 11.6 Å². The summed E-state index contributed by atoms with van der Waals surface area (Å²) in [6.45, 7) is 4.13. The first-order valence-corrected chi connectivity index (χ1v) is 7.53. The Kier molecular flexibility index (Phi) is 5.26. The smallest absolute Gasteiger partial charge is 0.225 e. The van der Waals surface area contributed by atoms with Gasteiger partial charge in [0, 0.05) is 24.7 Å². The van der Waals surface area contributed by atoms with Gasteiger partial charge in [0.25, 0.3) is 0 Å². The molecule has 0 bridgehead atoms. The molecule has 0 radical (unpaired) electrons. The molecule has 110 valence electrons. The topological polar surface area (TPSA) is 58.4 Å². The van der Waals surface area contributed by atoms with Crippen molar-refractivity contribution in [2.24, 2.45) is 0 Å². The van der Waals surface area contributed by atoms with E-state index in [-0.39, 0.29) is 5.91 Å². The van der Waals surface area contributed by atoms with E-state index in [1.165, 1.54) is 19.3 Å².